The zero-order chi connectivity index (χ0) is 14.1. The number of unbranched alkanes of at least 4 members (excludes halogenated alkanes) is 6. The minimum Gasteiger partial charge on any atom is -0.505 e. The summed E-state index contributed by atoms with van der Waals surface area (Å²) in [6, 6.07) is 0.180. The van der Waals surface area contributed by atoms with Crippen molar-refractivity contribution in [3.05, 3.63) is 12.8 Å². The van der Waals surface area contributed by atoms with Crippen molar-refractivity contribution in [2.45, 2.75) is 64.8 Å². The van der Waals surface area contributed by atoms with Gasteiger partial charge in [-0.2, -0.15) is 0 Å². The lowest BCUT2D eigenvalue weighted by atomic mass is 10.1. The molecule has 0 heterocycles. The van der Waals surface area contributed by atoms with Crippen LogP contribution in [0.1, 0.15) is 58.8 Å². The van der Waals surface area contributed by atoms with Gasteiger partial charge in [0.25, 0.3) is 0 Å². The van der Waals surface area contributed by atoms with Crippen LogP contribution < -0.4 is 5.73 Å². The average molecular weight is 259 g/mol. The molecule has 1 unspecified atom stereocenters. The van der Waals surface area contributed by atoms with Gasteiger partial charge < -0.3 is 15.2 Å². The molecule has 0 fully saturated rings. The van der Waals surface area contributed by atoms with E-state index in [0.717, 1.165) is 6.61 Å². The van der Waals surface area contributed by atoms with Gasteiger partial charge in [-0.15, -0.1) is 0 Å². The zero-order valence-corrected chi connectivity index (χ0v) is 12.6. The third-order valence-electron chi connectivity index (χ3n) is 2.44. The SMILES string of the molecule is C=COC.CCCCCCCCCOCC(C)N. The summed E-state index contributed by atoms with van der Waals surface area (Å²) in [7, 11) is 1.56. The van der Waals surface area contributed by atoms with Gasteiger partial charge >= 0.3 is 0 Å². The highest BCUT2D eigenvalue weighted by molar-refractivity contribution is 4.49. The van der Waals surface area contributed by atoms with Gasteiger partial charge in [0.05, 0.1) is 20.0 Å². The van der Waals surface area contributed by atoms with Crippen LogP contribution in [0.15, 0.2) is 12.8 Å². The molecule has 0 rings (SSSR count). The van der Waals surface area contributed by atoms with E-state index in [-0.39, 0.29) is 6.04 Å². The fraction of sp³-hybridized carbons (Fsp3) is 0.867. The van der Waals surface area contributed by atoms with E-state index in [9.17, 15) is 0 Å². The van der Waals surface area contributed by atoms with Crippen molar-refractivity contribution < 1.29 is 9.47 Å². The molecule has 3 heteroatoms. The maximum absolute atomic E-state index is 5.56. The third-order valence-corrected chi connectivity index (χ3v) is 2.44. The van der Waals surface area contributed by atoms with Crippen molar-refractivity contribution in [3.8, 4) is 0 Å². The van der Waals surface area contributed by atoms with Crippen molar-refractivity contribution in [1.82, 2.24) is 0 Å². The van der Waals surface area contributed by atoms with E-state index >= 15 is 0 Å². The highest BCUT2D eigenvalue weighted by Gasteiger charge is 1.94. The molecule has 0 bridgehead atoms. The number of nitrogens with two attached hydrogens (primary N) is 1. The normalized spacial score (nSPS) is 11.3. The molecule has 0 aliphatic rings. The molecule has 0 aromatic carbocycles. The molecular weight excluding hydrogens is 226 g/mol. The van der Waals surface area contributed by atoms with Gasteiger partial charge in [0.2, 0.25) is 0 Å². The predicted molar refractivity (Wildman–Crippen MR) is 79.7 cm³/mol. The van der Waals surface area contributed by atoms with Crippen LogP contribution in [-0.4, -0.2) is 26.4 Å². The first kappa shape index (κ1) is 19.8. The maximum Gasteiger partial charge on any atom is 0.0766 e. The fourth-order valence-corrected chi connectivity index (χ4v) is 1.43. The second kappa shape index (κ2) is 18.8. The summed E-state index contributed by atoms with van der Waals surface area (Å²) in [4.78, 5) is 0. The van der Waals surface area contributed by atoms with Crippen molar-refractivity contribution in [1.29, 1.82) is 0 Å². The summed E-state index contributed by atoms with van der Waals surface area (Å²) in [5.41, 5.74) is 5.56. The summed E-state index contributed by atoms with van der Waals surface area (Å²) in [5, 5.41) is 0. The second-order valence-corrected chi connectivity index (χ2v) is 4.58. The summed E-state index contributed by atoms with van der Waals surface area (Å²) in [6.07, 6.45) is 10.8. The smallest absolute Gasteiger partial charge is 0.0766 e. The molecular formula is C15H33NO2. The van der Waals surface area contributed by atoms with E-state index in [2.05, 4.69) is 18.2 Å². The lowest BCUT2D eigenvalue weighted by Gasteiger charge is -2.06. The molecule has 18 heavy (non-hydrogen) atoms. The van der Waals surface area contributed by atoms with Gasteiger partial charge in [-0.25, -0.2) is 0 Å². The van der Waals surface area contributed by atoms with Crippen molar-refractivity contribution in [3.63, 3.8) is 0 Å². The first-order valence-electron chi connectivity index (χ1n) is 7.16. The fourth-order valence-electron chi connectivity index (χ4n) is 1.43. The summed E-state index contributed by atoms with van der Waals surface area (Å²) < 4.78 is 9.70. The number of ether oxygens (including phenoxy) is 2. The predicted octanol–water partition coefficient (Wildman–Crippen LogP) is 3.88. The van der Waals surface area contributed by atoms with Crippen molar-refractivity contribution in [2.75, 3.05) is 20.3 Å². The molecule has 3 nitrogen and oxygen atoms in total. The van der Waals surface area contributed by atoms with Crippen LogP contribution in [0.3, 0.4) is 0 Å². The van der Waals surface area contributed by atoms with E-state index < -0.39 is 0 Å². The lowest BCUT2D eigenvalue weighted by molar-refractivity contribution is 0.120. The van der Waals surface area contributed by atoms with Crippen molar-refractivity contribution >= 4 is 0 Å². The molecule has 0 saturated heterocycles. The van der Waals surface area contributed by atoms with Crippen LogP contribution in [0, 0.1) is 0 Å². The van der Waals surface area contributed by atoms with Gasteiger partial charge in [-0.05, 0) is 13.3 Å². The second-order valence-electron chi connectivity index (χ2n) is 4.58. The monoisotopic (exact) mass is 259 g/mol. The highest BCUT2D eigenvalue weighted by atomic mass is 16.5. The third kappa shape index (κ3) is 24.6. The summed E-state index contributed by atoms with van der Waals surface area (Å²) >= 11 is 0. The Bertz CT molecular complexity index is 149. The molecule has 0 saturated carbocycles. The maximum atomic E-state index is 5.56. The van der Waals surface area contributed by atoms with Gasteiger partial charge in [-0.1, -0.05) is 52.0 Å². The molecule has 110 valence electrons. The molecule has 0 aromatic heterocycles. The van der Waals surface area contributed by atoms with Gasteiger partial charge in [0.1, 0.15) is 0 Å². The van der Waals surface area contributed by atoms with Crippen LogP contribution in [0.25, 0.3) is 0 Å². The van der Waals surface area contributed by atoms with Gasteiger partial charge in [0, 0.05) is 12.6 Å². The Morgan fingerprint density at radius 3 is 2.06 bits per heavy atom. The van der Waals surface area contributed by atoms with E-state index in [1.807, 2.05) is 6.92 Å². The summed E-state index contributed by atoms with van der Waals surface area (Å²) in [5.74, 6) is 0. The van der Waals surface area contributed by atoms with E-state index in [0.29, 0.717) is 6.61 Å². The Morgan fingerprint density at radius 1 is 1.11 bits per heavy atom. The quantitative estimate of drug-likeness (QED) is 0.452. The summed E-state index contributed by atoms with van der Waals surface area (Å²) in [6.45, 7) is 9.07. The Hall–Kier alpha value is -0.540. The minimum absolute atomic E-state index is 0.180. The number of methoxy groups -OCH3 is 1. The number of rotatable bonds is 11. The first-order valence-corrected chi connectivity index (χ1v) is 7.16. The van der Waals surface area contributed by atoms with Gasteiger partial charge in [0.15, 0.2) is 0 Å². The van der Waals surface area contributed by atoms with Crippen LogP contribution >= 0.6 is 0 Å². The molecule has 2 N–H and O–H groups in total. The van der Waals surface area contributed by atoms with Crippen LogP contribution in [0.2, 0.25) is 0 Å². The molecule has 0 radical (unpaired) electrons. The molecule has 0 spiro atoms. The molecule has 0 aliphatic carbocycles. The number of hydrogen-bond donors (Lipinski definition) is 1. The average Bonchev–Trinajstić information content (AvgIpc) is 2.37. The number of hydrogen-bond acceptors (Lipinski definition) is 3. The van der Waals surface area contributed by atoms with Crippen LogP contribution in [0.5, 0.6) is 0 Å². The topological polar surface area (TPSA) is 44.5 Å². The standard InChI is InChI=1S/C12H27NO.C3H6O/c1-3-4-5-6-7-8-9-10-14-11-12(2)13;1-3-4-2/h12H,3-11,13H2,1-2H3;3H,1H2,2H3. The first-order chi connectivity index (χ1) is 8.68. The molecule has 0 amide bonds. The van der Waals surface area contributed by atoms with Crippen molar-refractivity contribution in [2.24, 2.45) is 5.73 Å². The Morgan fingerprint density at radius 2 is 1.61 bits per heavy atom. The minimum atomic E-state index is 0.180. The molecule has 0 aromatic rings. The Labute approximate surface area is 114 Å². The van der Waals surface area contributed by atoms with Gasteiger partial charge in [-0.3, -0.25) is 0 Å². The highest BCUT2D eigenvalue weighted by Crippen LogP contribution is 2.06. The van der Waals surface area contributed by atoms with Crippen LogP contribution in [0.4, 0.5) is 0 Å². The lowest BCUT2D eigenvalue weighted by Crippen LogP contribution is -2.22. The largest absolute Gasteiger partial charge is 0.505 e. The molecule has 1 atom stereocenters. The Balaban J connectivity index is 0. The van der Waals surface area contributed by atoms with E-state index in [4.69, 9.17) is 10.5 Å². The molecule has 0 aliphatic heterocycles. The van der Waals surface area contributed by atoms with Crippen LogP contribution in [-0.2, 0) is 9.47 Å². The van der Waals surface area contributed by atoms with E-state index in [1.165, 1.54) is 51.2 Å². The zero-order valence-electron chi connectivity index (χ0n) is 12.6. The Kier molecular flexibility index (Phi) is 20.7. The van der Waals surface area contributed by atoms with E-state index in [1.54, 1.807) is 7.11 Å².